The molecule has 1 aliphatic carbocycles. The summed E-state index contributed by atoms with van der Waals surface area (Å²) >= 11 is 5.40. The van der Waals surface area contributed by atoms with Crippen molar-refractivity contribution in [1.29, 1.82) is 0 Å². The van der Waals surface area contributed by atoms with Crippen molar-refractivity contribution in [3.63, 3.8) is 0 Å². The van der Waals surface area contributed by atoms with Gasteiger partial charge in [0, 0.05) is 6.08 Å². The molecule has 0 aromatic carbocycles. The molecule has 5 nitrogen and oxygen atoms in total. The van der Waals surface area contributed by atoms with Crippen LogP contribution in [0.1, 0.15) is 0 Å². The minimum atomic E-state index is -4.89. The molecule has 0 heterocycles. The highest BCUT2D eigenvalue weighted by molar-refractivity contribution is 7.73. The van der Waals surface area contributed by atoms with Crippen LogP contribution in [0.2, 0.25) is 0 Å². The van der Waals surface area contributed by atoms with E-state index >= 15 is 0 Å². The molecule has 0 aliphatic heterocycles. The lowest BCUT2D eigenvalue weighted by Crippen LogP contribution is -2.28. The summed E-state index contributed by atoms with van der Waals surface area (Å²) in [5, 5.41) is 8.72. The van der Waals surface area contributed by atoms with E-state index < -0.39 is 42.9 Å². The average molecular weight is 290 g/mol. The summed E-state index contributed by atoms with van der Waals surface area (Å²) in [5.41, 5.74) is -2.46. The molecular formula is C7H3ClF3NO4S. The Balaban J connectivity index is 3.49. The van der Waals surface area contributed by atoms with Crippen LogP contribution in [-0.2, 0) is 10.3 Å². The zero-order valence-corrected chi connectivity index (χ0v) is 9.30. The lowest BCUT2D eigenvalue weighted by atomic mass is 10.0. The van der Waals surface area contributed by atoms with Gasteiger partial charge in [0.15, 0.2) is 5.38 Å². The van der Waals surface area contributed by atoms with Crippen molar-refractivity contribution in [2.45, 2.75) is 11.6 Å². The second-order valence-corrected chi connectivity index (χ2v) is 4.30. The number of hydrogen-bond acceptors (Lipinski definition) is 4. The highest BCUT2D eigenvalue weighted by Gasteiger charge is 2.40. The summed E-state index contributed by atoms with van der Waals surface area (Å²) in [4.78, 5) is 8.42. The Morgan fingerprint density at radius 2 is 1.88 bits per heavy atom. The van der Waals surface area contributed by atoms with Gasteiger partial charge in [0.2, 0.25) is 10.3 Å². The second kappa shape index (κ2) is 4.49. The van der Waals surface area contributed by atoms with Gasteiger partial charge < -0.3 is 0 Å². The summed E-state index contributed by atoms with van der Waals surface area (Å²) in [6, 6.07) is 0. The molecule has 0 saturated carbocycles. The van der Waals surface area contributed by atoms with Gasteiger partial charge >= 0.3 is 6.18 Å². The highest BCUT2D eigenvalue weighted by atomic mass is 35.5. The summed E-state index contributed by atoms with van der Waals surface area (Å²) in [7, 11) is -3.06. The van der Waals surface area contributed by atoms with E-state index in [2.05, 4.69) is 0 Å². The summed E-state index contributed by atoms with van der Waals surface area (Å²) in [6.45, 7) is 0. The van der Waals surface area contributed by atoms with E-state index in [1.54, 1.807) is 0 Å². The molecule has 10 heteroatoms. The molecule has 1 aliphatic rings. The van der Waals surface area contributed by atoms with Crippen LogP contribution in [0.4, 0.5) is 13.2 Å². The Kier molecular flexibility index (Phi) is 3.62. The SMILES string of the molecule is O=[N+]([O-])C1=CC(C(F)(F)F)=CC(=S(=O)=O)C1Cl. The Hall–Kier alpha value is -1.35. The van der Waals surface area contributed by atoms with Gasteiger partial charge in [-0.1, -0.05) is 0 Å². The van der Waals surface area contributed by atoms with Crippen LogP contribution in [0, 0.1) is 10.1 Å². The normalized spacial score (nSPS) is 20.7. The van der Waals surface area contributed by atoms with Gasteiger partial charge in [0.25, 0.3) is 5.70 Å². The van der Waals surface area contributed by atoms with Crippen LogP contribution >= 0.6 is 11.6 Å². The maximum absolute atomic E-state index is 12.3. The minimum Gasteiger partial charge on any atom is -0.259 e. The molecule has 0 saturated heterocycles. The van der Waals surface area contributed by atoms with Crippen LogP contribution in [0.5, 0.6) is 0 Å². The Morgan fingerprint density at radius 1 is 1.35 bits per heavy atom. The number of allylic oxidation sites excluding steroid dienone is 4. The van der Waals surface area contributed by atoms with Crippen LogP contribution < -0.4 is 0 Å². The van der Waals surface area contributed by atoms with Crippen molar-refractivity contribution in [3.05, 3.63) is 33.5 Å². The molecule has 0 radical (unpaired) electrons. The van der Waals surface area contributed by atoms with Crippen molar-refractivity contribution in [2.24, 2.45) is 0 Å². The van der Waals surface area contributed by atoms with Crippen LogP contribution in [-0.4, -0.2) is 29.8 Å². The van der Waals surface area contributed by atoms with E-state index in [1.807, 2.05) is 0 Å². The van der Waals surface area contributed by atoms with Crippen LogP contribution in [0.3, 0.4) is 0 Å². The van der Waals surface area contributed by atoms with E-state index in [1.165, 1.54) is 0 Å². The zero-order chi connectivity index (χ0) is 13.4. The van der Waals surface area contributed by atoms with Gasteiger partial charge in [-0.2, -0.15) is 21.6 Å². The molecule has 0 aromatic rings. The summed E-state index contributed by atoms with van der Waals surface area (Å²) < 4.78 is 58.3. The number of halogens is 4. The third-order valence-corrected chi connectivity index (χ3v) is 3.17. The monoisotopic (exact) mass is 289 g/mol. The molecule has 1 unspecified atom stereocenters. The predicted octanol–water partition coefficient (Wildman–Crippen LogP) is 1.31. The van der Waals surface area contributed by atoms with Gasteiger partial charge in [-0.25, -0.2) is 0 Å². The number of alkyl halides is 4. The maximum atomic E-state index is 12.3. The first-order valence-electron chi connectivity index (χ1n) is 3.89. The van der Waals surface area contributed by atoms with Gasteiger partial charge in [-0.05, 0) is 6.08 Å². The van der Waals surface area contributed by atoms with Crippen LogP contribution in [0.15, 0.2) is 23.4 Å². The molecule has 1 rings (SSSR count). The van der Waals surface area contributed by atoms with E-state index in [9.17, 15) is 31.7 Å². The lowest BCUT2D eigenvalue weighted by Gasteiger charge is -2.14. The number of nitrogens with zero attached hydrogens (tertiary/aromatic N) is 1. The Morgan fingerprint density at radius 3 is 2.24 bits per heavy atom. The Bertz CT molecular complexity index is 552. The molecule has 1 atom stereocenters. The van der Waals surface area contributed by atoms with Gasteiger partial charge in [-0.15, -0.1) is 11.6 Å². The largest absolute Gasteiger partial charge is 0.416 e. The van der Waals surface area contributed by atoms with Crippen molar-refractivity contribution in [2.75, 3.05) is 0 Å². The van der Waals surface area contributed by atoms with E-state index in [4.69, 9.17) is 11.6 Å². The average Bonchev–Trinajstić information content (AvgIpc) is 2.14. The molecule has 17 heavy (non-hydrogen) atoms. The second-order valence-electron chi connectivity index (χ2n) is 2.92. The topological polar surface area (TPSA) is 77.3 Å². The Labute approximate surface area is 98.9 Å². The first-order chi connectivity index (χ1) is 7.64. The molecule has 0 spiro atoms. The third-order valence-electron chi connectivity index (χ3n) is 1.84. The fraction of sp³-hybridized carbons (Fsp3) is 0.286. The third kappa shape index (κ3) is 2.86. The fourth-order valence-electron chi connectivity index (χ4n) is 1.09. The standard InChI is InChI=1S/C7H3ClF3NO4S/c8-6-4(12(13)14)1-3(7(9,10)11)2-5(6)17(15)16/h1-2,6H. The van der Waals surface area contributed by atoms with Gasteiger partial charge in [0.1, 0.15) is 4.86 Å². The maximum Gasteiger partial charge on any atom is 0.416 e. The number of rotatable bonds is 1. The van der Waals surface area contributed by atoms with Gasteiger partial charge in [-0.3, -0.25) is 10.1 Å². The molecule has 0 N–H and O–H groups in total. The first-order valence-corrected chi connectivity index (χ1v) is 5.40. The number of hydrogen-bond donors (Lipinski definition) is 0. The fourth-order valence-corrected chi connectivity index (χ4v) is 2.02. The van der Waals surface area contributed by atoms with E-state index in [0.717, 1.165) is 0 Å². The van der Waals surface area contributed by atoms with E-state index in [-0.39, 0.29) is 12.2 Å². The summed E-state index contributed by atoms with van der Waals surface area (Å²) in [6.07, 6.45) is -4.40. The molecular weight excluding hydrogens is 287 g/mol. The molecule has 0 amide bonds. The van der Waals surface area contributed by atoms with Crippen molar-refractivity contribution >= 4 is 26.8 Å². The molecule has 0 bridgehead atoms. The molecule has 0 fully saturated rings. The quantitative estimate of drug-likeness (QED) is 0.315. The highest BCUT2D eigenvalue weighted by Crippen LogP contribution is 2.32. The van der Waals surface area contributed by atoms with Crippen molar-refractivity contribution in [1.82, 2.24) is 0 Å². The van der Waals surface area contributed by atoms with Gasteiger partial charge in [0.05, 0.1) is 10.5 Å². The van der Waals surface area contributed by atoms with Crippen molar-refractivity contribution in [3.8, 4) is 0 Å². The molecule has 0 aromatic heterocycles. The number of nitro groups is 1. The minimum absolute atomic E-state index is 0.216. The zero-order valence-electron chi connectivity index (χ0n) is 7.73. The van der Waals surface area contributed by atoms with Crippen LogP contribution in [0.25, 0.3) is 0 Å². The van der Waals surface area contributed by atoms with E-state index in [0.29, 0.717) is 0 Å². The predicted molar refractivity (Wildman–Crippen MR) is 52.8 cm³/mol. The summed E-state index contributed by atoms with van der Waals surface area (Å²) in [5.74, 6) is 0. The molecule has 94 valence electrons. The van der Waals surface area contributed by atoms with Crippen molar-refractivity contribution < 1.29 is 26.5 Å². The smallest absolute Gasteiger partial charge is 0.259 e. The first kappa shape index (κ1) is 13.7. The lowest BCUT2D eigenvalue weighted by molar-refractivity contribution is -0.425.